The first kappa shape index (κ1) is 27.5. The van der Waals surface area contributed by atoms with Gasteiger partial charge in [0.05, 0.1) is 28.6 Å². The summed E-state index contributed by atoms with van der Waals surface area (Å²) in [6, 6.07) is 8.03. The number of carbonyl (C=O) groups is 2. The Kier molecular flexibility index (Phi) is 6.78. The Bertz CT molecular complexity index is 1650. The predicted octanol–water partition coefficient (Wildman–Crippen LogP) is 5.81. The molecule has 1 N–H and O–H groups in total. The van der Waals surface area contributed by atoms with Gasteiger partial charge in [0, 0.05) is 36.8 Å². The maximum atomic E-state index is 14.2. The molecule has 4 aromatic rings. The summed E-state index contributed by atoms with van der Waals surface area (Å²) < 4.78 is 20.4. The second kappa shape index (κ2) is 9.85. The van der Waals surface area contributed by atoms with Crippen molar-refractivity contribution in [2.45, 2.75) is 45.6 Å². The number of pyridine rings is 1. The van der Waals surface area contributed by atoms with Gasteiger partial charge in [0.2, 0.25) is 0 Å². The molecule has 4 heterocycles. The molecular formula is C29H29ClFN5O4. The van der Waals surface area contributed by atoms with Crippen molar-refractivity contribution in [1.29, 1.82) is 0 Å². The topological polar surface area (TPSA) is 113 Å². The van der Waals surface area contributed by atoms with Crippen molar-refractivity contribution in [3.05, 3.63) is 70.6 Å². The predicted molar refractivity (Wildman–Crippen MR) is 149 cm³/mol. The molecule has 1 aliphatic heterocycles. The monoisotopic (exact) mass is 565 g/mol. The summed E-state index contributed by atoms with van der Waals surface area (Å²) in [5, 5.41) is 9.30. The van der Waals surface area contributed by atoms with Crippen LogP contribution >= 0.6 is 11.6 Å². The molecular weight excluding hydrogens is 537 g/mol. The number of carbonyl (C=O) groups excluding carboxylic acids is 1. The number of halogens is 2. The lowest BCUT2D eigenvalue weighted by molar-refractivity contribution is 0.0483. The van der Waals surface area contributed by atoms with Crippen LogP contribution in [0.5, 0.6) is 0 Å². The van der Waals surface area contributed by atoms with Crippen LogP contribution in [0, 0.1) is 5.82 Å². The van der Waals surface area contributed by atoms with Gasteiger partial charge >= 0.3 is 5.97 Å². The van der Waals surface area contributed by atoms with Crippen LogP contribution in [0.15, 0.2) is 47.1 Å². The summed E-state index contributed by atoms with van der Waals surface area (Å²) in [7, 11) is 0. The van der Waals surface area contributed by atoms with Crippen LogP contribution in [0.25, 0.3) is 22.4 Å². The van der Waals surface area contributed by atoms with Gasteiger partial charge in [-0.2, -0.15) is 0 Å². The number of carboxylic acids is 1. The molecule has 0 aliphatic carbocycles. The van der Waals surface area contributed by atoms with E-state index in [4.69, 9.17) is 21.0 Å². The number of furan rings is 1. The summed E-state index contributed by atoms with van der Waals surface area (Å²) in [4.78, 5) is 41.7. The zero-order valence-electron chi connectivity index (χ0n) is 22.8. The second-order valence-corrected chi connectivity index (χ2v) is 11.9. The number of benzene rings is 1. The zero-order valence-corrected chi connectivity index (χ0v) is 23.6. The Morgan fingerprint density at radius 1 is 1.10 bits per heavy atom. The maximum absolute atomic E-state index is 14.2. The van der Waals surface area contributed by atoms with Crippen LogP contribution in [0.2, 0.25) is 5.02 Å². The highest BCUT2D eigenvalue weighted by Gasteiger charge is 2.39. The molecule has 1 aliphatic rings. The molecule has 0 radical (unpaired) electrons. The van der Waals surface area contributed by atoms with Gasteiger partial charge in [-0.15, -0.1) is 0 Å². The van der Waals surface area contributed by atoms with Crippen molar-refractivity contribution in [1.82, 2.24) is 19.9 Å². The summed E-state index contributed by atoms with van der Waals surface area (Å²) in [5.41, 5.74) is 1.82. The number of aromatic carboxylic acids is 1. The molecule has 3 aromatic heterocycles. The highest BCUT2D eigenvalue weighted by molar-refractivity contribution is 6.30. The molecule has 0 bridgehead atoms. The van der Waals surface area contributed by atoms with Gasteiger partial charge in [-0.25, -0.2) is 19.2 Å². The van der Waals surface area contributed by atoms with E-state index in [0.29, 0.717) is 47.8 Å². The first-order chi connectivity index (χ1) is 18.7. The molecule has 5 rings (SSSR count). The first-order valence-corrected chi connectivity index (χ1v) is 13.1. The van der Waals surface area contributed by atoms with E-state index in [1.807, 2.05) is 45.6 Å². The number of anilines is 1. The summed E-state index contributed by atoms with van der Waals surface area (Å²) in [6.07, 6.45) is 2.72. The quantitative estimate of drug-likeness (QED) is 0.330. The van der Waals surface area contributed by atoms with Gasteiger partial charge in [-0.3, -0.25) is 9.78 Å². The number of aromatic nitrogens is 3. The van der Waals surface area contributed by atoms with Gasteiger partial charge in [0.25, 0.3) is 5.91 Å². The Morgan fingerprint density at radius 3 is 2.50 bits per heavy atom. The number of hydrogen-bond donors (Lipinski definition) is 1. The summed E-state index contributed by atoms with van der Waals surface area (Å²) in [6.45, 7) is 11.2. The number of fused-ring (bicyclic) bond motifs is 1. The van der Waals surface area contributed by atoms with Crippen LogP contribution in [0.1, 0.15) is 61.2 Å². The number of rotatable bonds is 4. The molecule has 1 aromatic carbocycles. The fourth-order valence-corrected chi connectivity index (χ4v) is 5.08. The maximum Gasteiger partial charge on any atom is 0.356 e. The molecule has 1 saturated heterocycles. The van der Waals surface area contributed by atoms with Crippen LogP contribution in [-0.4, -0.2) is 62.0 Å². The Labute approximate surface area is 235 Å². The zero-order chi connectivity index (χ0) is 29.0. The van der Waals surface area contributed by atoms with E-state index in [0.717, 1.165) is 5.56 Å². The number of nitrogens with zero attached hydrogens (tertiary/aromatic N) is 5. The SMILES string of the molecule is CC(C)(C)c1cc(-c2ccc(Cl)c(F)c2)nc2cc(C(=O)N3CCN(c4cncc(C(=O)O)n4)CC3(C)C)oc12. The van der Waals surface area contributed by atoms with Crippen molar-refractivity contribution in [3.63, 3.8) is 0 Å². The van der Waals surface area contributed by atoms with Crippen molar-refractivity contribution in [3.8, 4) is 11.3 Å². The van der Waals surface area contributed by atoms with E-state index >= 15 is 0 Å². The molecule has 0 unspecified atom stereocenters. The Morgan fingerprint density at radius 2 is 1.85 bits per heavy atom. The van der Waals surface area contributed by atoms with E-state index in [9.17, 15) is 19.1 Å². The number of carboxylic acid groups (broad SMARTS) is 1. The molecule has 0 spiro atoms. The molecule has 40 heavy (non-hydrogen) atoms. The minimum Gasteiger partial charge on any atom is -0.476 e. The molecule has 1 amide bonds. The fourth-order valence-electron chi connectivity index (χ4n) is 4.96. The second-order valence-electron chi connectivity index (χ2n) is 11.5. The third-order valence-electron chi connectivity index (χ3n) is 7.03. The lowest BCUT2D eigenvalue weighted by Crippen LogP contribution is -2.61. The van der Waals surface area contributed by atoms with E-state index in [-0.39, 0.29) is 27.8 Å². The normalized spacial score (nSPS) is 15.5. The molecule has 0 atom stereocenters. The van der Waals surface area contributed by atoms with Gasteiger partial charge in [-0.1, -0.05) is 38.4 Å². The Hall–Kier alpha value is -4.05. The number of amides is 1. The smallest absolute Gasteiger partial charge is 0.356 e. The van der Waals surface area contributed by atoms with Gasteiger partial charge in [0.1, 0.15) is 17.2 Å². The van der Waals surface area contributed by atoms with E-state index < -0.39 is 17.3 Å². The number of piperazine rings is 1. The van der Waals surface area contributed by atoms with Gasteiger partial charge < -0.3 is 19.3 Å². The minimum atomic E-state index is -1.15. The van der Waals surface area contributed by atoms with Crippen LogP contribution in [0.3, 0.4) is 0 Å². The number of hydrogen-bond acceptors (Lipinski definition) is 7. The third-order valence-corrected chi connectivity index (χ3v) is 7.33. The average Bonchev–Trinajstić information content (AvgIpc) is 3.32. The lowest BCUT2D eigenvalue weighted by Gasteiger charge is -2.47. The van der Waals surface area contributed by atoms with Gasteiger partial charge in [0.15, 0.2) is 17.0 Å². The van der Waals surface area contributed by atoms with Crippen molar-refractivity contribution in [2.24, 2.45) is 0 Å². The largest absolute Gasteiger partial charge is 0.476 e. The highest BCUT2D eigenvalue weighted by atomic mass is 35.5. The van der Waals surface area contributed by atoms with Gasteiger partial charge in [-0.05, 0) is 37.5 Å². The van der Waals surface area contributed by atoms with E-state index in [2.05, 4.69) is 9.97 Å². The fraction of sp³-hybridized carbons (Fsp3) is 0.345. The standard InChI is InChI=1S/C29H29ClFN5O4/c1-28(2,3)17-11-20(16-6-7-18(30)19(31)10-16)33-21-12-23(40-25(17)21)26(37)36-9-8-35(15-29(36,4)5)24-14-32-13-22(34-24)27(38)39/h6-7,10-14H,8-9,15H2,1-5H3,(H,38,39). The van der Waals surface area contributed by atoms with Crippen LogP contribution < -0.4 is 4.90 Å². The minimum absolute atomic E-state index is 0.0291. The van der Waals surface area contributed by atoms with Crippen molar-refractivity contribution in [2.75, 3.05) is 24.5 Å². The third kappa shape index (κ3) is 5.11. The summed E-state index contributed by atoms with van der Waals surface area (Å²) >= 11 is 5.88. The van der Waals surface area contributed by atoms with E-state index in [1.165, 1.54) is 24.5 Å². The lowest BCUT2D eigenvalue weighted by atomic mass is 9.86. The summed E-state index contributed by atoms with van der Waals surface area (Å²) in [5.74, 6) is -1.38. The van der Waals surface area contributed by atoms with Crippen molar-refractivity contribution >= 4 is 40.4 Å². The van der Waals surface area contributed by atoms with Crippen molar-refractivity contribution < 1.29 is 23.5 Å². The average molecular weight is 566 g/mol. The molecule has 0 saturated carbocycles. The van der Waals surface area contributed by atoms with Crippen LogP contribution in [0.4, 0.5) is 10.2 Å². The first-order valence-electron chi connectivity index (χ1n) is 12.8. The molecule has 208 valence electrons. The molecule has 9 nitrogen and oxygen atoms in total. The highest BCUT2D eigenvalue weighted by Crippen LogP contribution is 2.36. The van der Waals surface area contributed by atoms with E-state index in [1.54, 1.807) is 17.0 Å². The Balaban J connectivity index is 1.48. The molecule has 1 fully saturated rings. The molecule has 11 heteroatoms. The van der Waals surface area contributed by atoms with Crippen LogP contribution in [-0.2, 0) is 5.41 Å².